The van der Waals surface area contributed by atoms with Crippen molar-refractivity contribution in [2.24, 2.45) is 0 Å². The number of nitrogens with zero attached hydrogens (tertiary/aromatic N) is 2. The first-order valence-corrected chi connectivity index (χ1v) is 12.0. The Morgan fingerprint density at radius 2 is 1.94 bits per heavy atom. The second-order valence-electron chi connectivity index (χ2n) is 8.81. The molecule has 2 N–H and O–H groups in total. The zero-order chi connectivity index (χ0) is 24.9. The molecule has 2 heterocycles. The van der Waals surface area contributed by atoms with Gasteiger partial charge in [-0.15, -0.1) is 11.3 Å². The molecule has 1 aromatic carbocycles. The molecular weight excluding hydrogens is 480 g/mol. The number of nitrogens with one attached hydrogen (secondary N) is 2. The normalized spacial score (nSPS) is 15.6. The monoisotopic (exact) mass is 508 g/mol. The number of hydrogen-bond donors (Lipinski definition) is 2. The maximum Gasteiger partial charge on any atom is 0.414 e. The lowest BCUT2D eigenvalue weighted by atomic mass is 10.2. The molecule has 184 valence electrons. The lowest BCUT2D eigenvalue weighted by Gasteiger charge is -2.24. The minimum atomic E-state index is -0.533. The summed E-state index contributed by atoms with van der Waals surface area (Å²) in [4.78, 5) is 40.0. The summed E-state index contributed by atoms with van der Waals surface area (Å²) in [6, 6.07) is 10.7. The van der Waals surface area contributed by atoms with Gasteiger partial charge in [0, 0.05) is 31.5 Å². The SMILES string of the molecule is CN(CCNc1ccc(N2C[C@H](CNC(=O)c3ccc(Cl)s3)OC2=O)cc1)C(=O)OC(C)(C)C. The van der Waals surface area contributed by atoms with Crippen molar-refractivity contribution in [3.8, 4) is 0 Å². The Kier molecular flexibility index (Phi) is 8.27. The number of carbonyl (C=O) groups excluding carboxylic acids is 3. The lowest BCUT2D eigenvalue weighted by molar-refractivity contribution is 0.0305. The second kappa shape index (κ2) is 11.0. The Labute approximate surface area is 208 Å². The number of carbonyl (C=O) groups is 3. The fraction of sp³-hybridized carbons (Fsp3) is 0.435. The number of benzene rings is 1. The van der Waals surface area contributed by atoms with Gasteiger partial charge in [0.2, 0.25) is 0 Å². The highest BCUT2D eigenvalue weighted by Gasteiger charge is 2.32. The lowest BCUT2D eigenvalue weighted by Crippen LogP contribution is -2.36. The van der Waals surface area contributed by atoms with Crippen molar-refractivity contribution >= 4 is 52.4 Å². The van der Waals surface area contributed by atoms with Crippen LogP contribution in [-0.4, -0.2) is 67.9 Å². The van der Waals surface area contributed by atoms with Gasteiger partial charge >= 0.3 is 12.2 Å². The Morgan fingerprint density at radius 1 is 1.24 bits per heavy atom. The summed E-state index contributed by atoms with van der Waals surface area (Å²) in [5.74, 6) is -0.251. The van der Waals surface area contributed by atoms with Crippen LogP contribution in [0.1, 0.15) is 30.4 Å². The molecule has 1 saturated heterocycles. The number of ether oxygens (including phenoxy) is 2. The van der Waals surface area contributed by atoms with E-state index in [2.05, 4.69) is 10.6 Å². The number of rotatable bonds is 8. The molecule has 3 amide bonds. The van der Waals surface area contributed by atoms with Crippen molar-refractivity contribution in [2.45, 2.75) is 32.5 Å². The summed E-state index contributed by atoms with van der Waals surface area (Å²) in [6.07, 6.45) is -1.28. The smallest absolute Gasteiger partial charge is 0.414 e. The average molecular weight is 509 g/mol. The molecular formula is C23H29ClN4O5S. The molecule has 1 aromatic heterocycles. The average Bonchev–Trinajstić information content (AvgIpc) is 3.36. The number of likely N-dealkylation sites (N-methyl/N-ethyl adjacent to an activating group) is 1. The van der Waals surface area contributed by atoms with Crippen LogP contribution >= 0.6 is 22.9 Å². The number of thiophene rings is 1. The third-order valence-electron chi connectivity index (χ3n) is 4.82. The van der Waals surface area contributed by atoms with Crippen molar-refractivity contribution < 1.29 is 23.9 Å². The van der Waals surface area contributed by atoms with Gasteiger partial charge in [-0.1, -0.05) is 11.6 Å². The molecule has 0 spiro atoms. The summed E-state index contributed by atoms with van der Waals surface area (Å²) in [6.45, 7) is 7.04. The molecule has 1 aliphatic rings. The van der Waals surface area contributed by atoms with Crippen molar-refractivity contribution in [2.75, 3.05) is 43.4 Å². The standard InChI is InChI=1S/C23H29ClN4O5S/c1-23(2,3)33-21(30)27(4)12-11-25-15-5-7-16(8-6-15)28-14-17(32-22(28)31)13-26-20(29)18-9-10-19(24)34-18/h5-10,17,25H,11-14H2,1-4H3,(H,26,29)/t17-/m0/s1. The molecule has 0 bridgehead atoms. The number of amides is 3. The van der Waals surface area contributed by atoms with Crippen LogP contribution in [0.25, 0.3) is 0 Å². The van der Waals surface area contributed by atoms with Gasteiger partial charge < -0.3 is 25.0 Å². The molecule has 3 rings (SSSR count). The first kappa shape index (κ1) is 25.6. The third-order valence-corrected chi connectivity index (χ3v) is 6.05. The molecule has 9 nitrogen and oxygen atoms in total. The van der Waals surface area contributed by atoms with E-state index in [1.807, 2.05) is 45.0 Å². The highest BCUT2D eigenvalue weighted by atomic mass is 35.5. The summed E-state index contributed by atoms with van der Waals surface area (Å²) in [5, 5.41) is 6.01. The molecule has 2 aromatic rings. The van der Waals surface area contributed by atoms with E-state index in [-0.39, 0.29) is 18.5 Å². The molecule has 0 radical (unpaired) electrons. The predicted molar refractivity (Wildman–Crippen MR) is 133 cm³/mol. The van der Waals surface area contributed by atoms with Gasteiger partial charge in [0.1, 0.15) is 11.7 Å². The first-order chi connectivity index (χ1) is 16.0. The Hall–Kier alpha value is -2.98. The fourth-order valence-electron chi connectivity index (χ4n) is 3.13. The van der Waals surface area contributed by atoms with Gasteiger partial charge in [0.15, 0.2) is 0 Å². The van der Waals surface area contributed by atoms with Gasteiger partial charge in [0.25, 0.3) is 5.91 Å². The van der Waals surface area contributed by atoms with Crippen molar-refractivity contribution in [3.63, 3.8) is 0 Å². The van der Waals surface area contributed by atoms with Gasteiger partial charge in [-0.2, -0.15) is 0 Å². The van der Waals surface area contributed by atoms with Gasteiger partial charge in [-0.05, 0) is 57.2 Å². The Morgan fingerprint density at radius 3 is 2.56 bits per heavy atom. The first-order valence-electron chi connectivity index (χ1n) is 10.8. The molecule has 0 saturated carbocycles. The maximum absolute atomic E-state index is 12.3. The molecule has 1 aliphatic heterocycles. The van der Waals surface area contributed by atoms with Crippen LogP contribution in [0.2, 0.25) is 4.34 Å². The third kappa shape index (κ3) is 7.26. The van der Waals surface area contributed by atoms with Crippen molar-refractivity contribution in [1.29, 1.82) is 0 Å². The van der Waals surface area contributed by atoms with Gasteiger partial charge in [-0.3, -0.25) is 9.69 Å². The second-order valence-corrected chi connectivity index (χ2v) is 10.5. The topological polar surface area (TPSA) is 100 Å². The number of halogens is 1. The van der Waals surface area contributed by atoms with Crippen LogP contribution in [0, 0.1) is 0 Å². The molecule has 1 fully saturated rings. The van der Waals surface area contributed by atoms with E-state index in [0.29, 0.717) is 34.5 Å². The molecule has 0 aliphatic carbocycles. The van der Waals surface area contributed by atoms with E-state index in [9.17, 15) is 14.4 Å². The molecule has 0 unspecified atom stereocenters. The van der Waals surface area contributed by atoms with Crippen LogP contribution in [0.15, 0.2) is 36.4 Å². The number of anilines is 2. The summed E-state index contributed by atoms with van der Waals surface area (Å²) < 4.78 is 11.3. The van der Waals surface area contributed by atoms with Crippen molar-refractivity contribution in [3.05, 3.63) is 45.6 Å². The van der Waals surface area contributed by atoms with Crippen LogP contribution in [0.4, 0.5) is 21.0 Å². The van der Waals surface area contributed by atoms with E-state index in [4.69, 9.17) is 21.1 Å². The molecule has 1 atom stereocenters. The highest BCUT2D eigenvalue weighted by Crippen LogP contribution is 2.24. The fourth-order valence-corrected chi connectivity index (χ4v) is 4.09. The molecule has 11 heteroatoms. The summed E-state index contributed by atoms with van der Waals surface area (Å²) >= 11 is 7.05. The van der Waals surface area contributed by atoms with E-state index in [1.54, 1.807) is 19.2 Å². The van der Waals surface area contributed by atoms with Gasteiger partial charge in [0.05, 0.1) is 22.3 Å². The van der Waals surface area contributed by atoms with E-state index < -0.39 is 17.8 Å². The Balaban J connectivity index is 1.44. The largest absolute Gasteiger partial charge is 0.444 e. The maximum atomic E-state index is 12.3. The van der Waals surface area contributed by atoms with E-state index in [0.717, 1.165) is 5.69 Å². The summed E-state index contributed by atoms with van der Waals surface area (Å²) in [5.41, 5.74) is 1.02. The zero-order valence-corrected chi connectivity index (χ0v) is 21.2. The zero-order valence-electron chi connectivity index (χ0n) is 19.6. The quantitative estimate of drug-likeness (QED) is 0.547. The number of hydrogen-bond acceptors (Lipinski definition) is 7. The molecule has 34 heavy (non-hydrogen) atoms. The van der Waals surface area contributed by atoms with Crippen LogP contribution in [0.3, 0.4) is 0 Å². The highest BCUT2D eigenvalue weighted by molar-refractivity contribution is 7.18. The number of cyclic esters (lactones) is 1. The van der Waals surface area contributed by atoms with Gasteiger partial charge in [-0.25, -0.2) is 9.59 Å². The van der Waals surface area contributed by atoms with Crippen LogP contribution in [0.5, 0.6) is 0 Å². The van der Waals surface area contributed by atoms with E-state index in [1.165, 1.54) is 21.1 Å². The van der Waals surface area contributed by atoms with Crippen LogP contribution < -0.4 is 15.5 Å². The minimum absolute atomic E-state index is 0.210. The Bertz CT molecular complexity index is 1020. The van der Waals surface area contributed by atoms with Crippen molar-refractivity contribution in [1.82, 2.24) is 10.2 Å². The predicted octanol–water partition coefficient (Wildman–Crippen LogP) is 4.44. The van der Waals surface area contributed by atoms with E-state index >= 15 is 0 Å². The van der Waals surface area contributed by atoms with Crippen LogP contribution in [-0.2, 0) is 9.47 Å². The summed E-state index contributed by atoms with van der Waals surface area (Å²) in [7, 11) is 1.69. The minimum Gasteiger partial charge on any atom is -0.444 e.